The second-order valence-corrected chi connectivity index (χ2v) is 4.79. The van der Waals surface area contributed by atoms with Crippen LogP contribution in [0.25, 0.3) is 11.0 Å². The lowest BCUT2D eigenvalue weighted by Gasteiger charge is -2.02. The van der Waals surface area contributed by atoms with Gasteiger partial charge in [-0.15, -0.1) is 0 Å². The molecule has 0 spiro atoms. The number of hydrogen-bond donors (Lipinski definition) is 2. The van der Waals surface area contributed by atoms with Gasteiger partial charge >= 0.3 is 6.18 Å². The molecule has 4 nitrogen and oxygen atoms in total. The molecule has 1 heterocycles. The predicted octanol–water partition coefficient (Wildman–Crippen LogP) is 1.81. The topological polar surface area (TPSA) is 71.8 Å². The smallest absolute Gasteiger partial charge is 0.399 e. The average molecular weight is 263 g/mol. The summed E-state index contributed by atoms with van der Waals surface area (Å²) in [5, 5.41) is -0.192. The highest BCUT2D eigenvalue weighted by atomic mass is 32.2. The molecule has 0 aliphatic heterocycles. The van der Waals surface area contributed by atoms with Gasteiger partial charge in [-0.25, -0.2) is 4.98 Å². The van der Waals surface area contributed by atoms with E-state index in [4.69, 9.17) is 5.73 Å². The fourth-order valence-corrected chi connectivity index (χ4v) is 2.19. The number of fused-ring (bicyclic) bond motifs is 1. The Hall–Kier alpha value is -1.57. The van der Waals surface area contributed by atoms with Gasteiger partial charge in [0, 0.05) is 5.69 Å². The van der Waals surface area contributed by atoms with Crippen LogP contribution in [0.2, 0.25) is 0 Å². The third-order valence-corrected chi connectivity index (χ3v) is 3.21. The van der Waals surface area contributed by atoms with Crippen molar-refractivity contribution in [2.45, 2.75) is 11.3 Å². The van der Waals surface area contributed by atoms with Crippen LogP contribution in [-0.4, -0.2) is 26.1 Å². The van der Waals surface area contributed by atoms with E-state index in [0.29, 0.717) is 16.7 Å². The number of anilines is 1. The third-order valence-electron chi connectivity index (χ3n) is 1.99. The third kappa shape index (κ3) is 2.76. The zero-order valence-corrected chi connectivity index (χ0v) is 9.23. The summed E-state index contributed by atoms with van der Waals surface area (Å²) >= 11 is 0. The fourth-order valence-electron chi connectivity index (χ4n) is 1.33. The Balaban J connectivity index is 2.33. The summed E-state index contributed by atoms with van der Waals surface area (Å²) in [6.07, 6.45) is -4.48. The molecule has 2 aromatic rings. The monoisotopic (exact) mass is 263 g/mol. The standard InChI is InChI=1S/C9H8F3N3OS/c10-9(11,12)4-17(16)8-14-6-2-1-5(13)3-7(6)15-8/h1-3H,4,13H2,(H,14,15). The van der Waals surface area contributed by atoms with Crippen LogP contribution in [0.4, 0.5) is 18.9 Å². The van der Waals surface area contributed by atoms with E-state index in [-0.39, 0.29) is 5.16 Å². The first-order valence-electron chi connectivity index (χ1n) is 4.55. The molecule has 1 aromatic heterocycles. The lowest BCUT2D eigenvalue weighted by atomic mass is 10.3. The Kier molecular flexibility index (Phi) is 2.82. The molecule has 2 rings (SSSR count). The number of aromatic nitrogens is 2. The van der Waals surface area contributed by atoms with Crippen molar-refractivity contribution in [2.75, 3.05) is 11.5 Å². The quantitative estimate of drug-likeness (QED) is 0.812. The van der Waals surface area contributed by atoms with Crippen LogP contribution < -0.4 is 5.73 Å². The van der Waals surface area contributed by atoms with Gasteiger partial charge in [0.25, 0.3) is 0 Å². The molecule has 0 saturated heterocycles. The van der Waals surface area contributed by atoms with Crippen LogP contribution in [0.15, 0.2) is 23.4 Å². The van der Waals surface area contributed by atoms with Crippen LogP contribution >= 0.6 is 0 Å². The largest absolute Gasteiger partial charge is 0.400 e. The lowest BCUT2D eigenvalue weighted by Crippen LogP contribution is -2.19. The molecule has 92 valence electrons. The molecule has 8 heteroatoms. The van der Waals surface area contributed by atoms with E-state index in [1.54, 1.807) is 12.1 Å². The van der Waals surface area contributed by atoms with E-state index in [9.17, 15) is 17.4 Å². The van der Waals surface area contributed by atoms with Gasteiger partial charge in [-0.1, -0.05) is 0 Å². The number of H-pyrrole nitrogens is 1. The number of nitrogen functional groups attached to an aromatic ring is 1. The van der Waals surface area contributed by atoms with E-state index >= 15 is 0 Å². The Morgan fingerprint density at radius 2 is 2.12 bits per heavy atom. The number of benzene rings is 1. The van der Waals surface area contributed by atoms with E-state index < -0.39 is 22.7 Å². The molecule has 0 bridgehead atoms. The van der Waals surface area contributed by atoms with Crippen molar-refractivity contribution >= 4 is 27.5 Å². The van der Waals surface area contributed by atoms with Crippen molar-refractivity contribution < 1.29 is 17.4 Å². The summed E-state index contributed by atoms with van der Waals surface area (Å²) in [5.74, 6) is -1.41. The van der Waals surface area contributed by atoms with Crippen LogP contribution in [-0.2, 0) is 10.8 Å². The fraction of sp³-hybridized carbons (Fsp3) is 0.222. The van der Waals surface area contributed by atoms with Gasteiger partial charge in [0.1, 0.15) is 5.75 Å². The van der Waals surface area contributed by atoms with Crippen LogP contribution in [0.1, 0.15) is 0 Å². The van der Waals surface area contributed by atoms with Crippen molar-refractivity contribution in [2.24, 2.45) is 0 Å². The number of halogens is 3. The van der Waals surface area contributed by atoms with Gasteiger partial charge in [0.15, 0.2) is 5.16 Å². The van der Waals surface area contributed by atoms with Crippen molar-refractivity contribution in [1.82, 2.24) is 9.97 Å². The maximum atomic E-state index is 12.1. The number of hydrogen-bond acceptors (Lipinski definition) is 3. The number of nitrogens with zero attached hydrogens (tertiary/aromatic N) is 1. The SMILES string of the molecule is Nc1ccc2nc(S(=O)CC(F)(F)F)[nH]c2c1. The van der Waals surface area contributed by atoms with Gasteiger partial charge in [-0.05, 0) is 18.2 Å². The summed E-state index contributed by atoms with van der Waals surface area (Å²) in [6, 6.07) is 4.64. The van der Waals surface area contributed by atoms with E-state index in [0.717, 1.165) is 0 Å². The number of nitrogens with one attached hydrogen (secondary N) is 1. The number of imidazole rings is 1. The number of aromatic amines is 1. The molecule has 0 saturated carbocycles. The summed E-state index contributed by atoms with van der Waals surface area (Å²) in [5.41, 5.74) is 6.86. The van der Waals surface area contributed by atoms with Crippen molar-refractivity contribution in [3.8, 4) is 0 Å². The molecule has 1 unspecified atom stereocenters. The van der Waals surface area contributed by atoms with E-state index in [1.807, 2.05) is 0 Å². The second kappa shape index (κ2) is 4.02. The lowest BCUT2D eigenvalue weighted by molar-refractivity contribution is -0.105. The number of alkyl halides is 3. The molecule has 3 N–H and O–H groups in total. The zero-order valence-electron chi connectivity index (χ0n) is 8.41. The van der Waals surface area contributed by atoms with Gasteiger partial charge in [-0.3, -0.25) is 4.21 Å². The number of nitrogens with two attached hydrogens (primary N) is 1. The zero-order chi connectivity index (χ0) is 12.6. The molecular formula is C9H8F3N3OS. The molecule has 0 radical (unpaired) electrons. The van der Waals surface area contributed by atoms with Gasteiger partial charge in [-0.2, -0.15) is 13.2 Å². The summed E-state index contributed by atoms with van der Waals surface area (Å²) in [6.45, 7) is 0. The highest BCUT2D eigenvalue weighted by Crippen LogP contribution is 2.21. The van der Waals surface area contributed by atoms with Crippen LogP contribution in [0.3, 0.4) is 0 Å². The van der Waals surface area contributed by atoms with Crippen LogP contribution in [0.5, 0.6) is 0 Å². The average Bonchev–Trinajstić information content (AvgIpc) is 2.57. The molecular weight excluding hydrogens is 255 g/mol. The van der Waals surface area contributed by atoms with Gasteiger partial charge in [0.05, 0.1) is 21.8 Å². The van der Waals surface area contributed by atoms with Crippen molar-refractivity contribution in [3.05, 3.63) is 18.2 Å². The molecule has 0 aliphatic carbocycles. The molecule has 0 aliphatic rings. The van der Waals surface area contributed by atoms with E-state index in [2.05, 4.69) is 9.97 Å². The summed E-state index contributed by atoms with van der Waals surface area (Å²) in [4.78, 5) is 6.39. The maximum absolute atomic E-state index is 12.1. The first-order valence-corrected chi connectivity index (χ1v) is 5.87. The molecule has 0 amide bonds. The second-order valence-electron chi connectivity index (χ2n) is 3.42. The Morgan fingerprint density at radius 1 is 1.41 bits per heavy atom. The normalized spacial score (nSPS) is 14.1. The number of rotatable bonds is 2. The van der Waals surface area contributed by atoms with Crippen molar-refractivity contribution in [1.29, 1.82) is 0 Å². The van der Waals surface area contributed by atoms with Crippen LogP contribution in [0, 0.1) is 0 Å². The minimum atomic E-state index is -4.48. The highest BCUT2D eigenvalue weighted by Gasteiger charge is 2.32. The predicted molar refractivity (Wildman–Crippen MR) is 57.8 cm³/mol. The van der Waals surface area contributed by atoms with E-state index in [1.165, 1.54) is 6.07 Å². The van der Waals surface area contributed by atoms with Crippen molar-refractivity contribution in [3.63, 3.8) is 0 Å². The summed E-state index contributed by atoms with van der Waals surface area (Å²) in [7, 11) is -2.22. The molecule has 1 aromatic carbocycles. The molecule has 0 fully saturated rings. The minimum Gasteiger partial charge on any atom is -0.399 e. The Labute approximate surface area is 96.5 Å². The Bertz CT molecular complexity index is 578. The Morgan fingerprint density at radius 3 is 2.76 bits per heavy atom. The van der Waals surface area contributed by atoms with Gasteiger partial charge in [0.2, 0.25) is 0 Å². The first-order chi connectivity index (χ1) is 7.85. The minimum absolute atomic E-state index is 0.192. The van der Waals surface area contributed by atoms with Gasteiger partial charge < -0.3 is 10.7 Å². The summed E-state index contributed by atoms with van der Waals surface area (Å²) < 4.78 is 47.6. The molecule has 17 heavy (non-hydrogen) atoms. The highest BCUT2D eigenvalue weighted by molar-refractivity contribution is 7.84. The first kappa shape index (κ1) is 11.9. The maximum Gasteiger partial charge on any atom is 0.400 e. The molecule has 1 atom stereocenters.